The first-order valence-electron chi connectivity index (χ1n) is 3.35. The Morgan fingerprint density at radius 2 is 2.44 bits per heavy atom. The summed E-state index contributed by atoms with van der Waals surface area (Å²) in [5.74, 6) is 0.239. The van der Waals surface area contributed by atoms with Gasteiger partial charge in [0, 0.05) is 5.92 Å². The van der Waals surface area contributed by atoms with Crippen molar-refractivity contribution >= 4 is 0 Å². The first-order valence-corrected chi connectivity index (χ1v) is 3.35. The molecule has 0 aromatic heterocycles. The molecule has 0 saturated heterocycles. The fourth-order valence-corrected chi connectivity index (χ4v) is 0.679. The lowest BCUT2D eigenvalue weighted by Gasteiger charge is -2.00. The molecule has 1 atom stereocenters. The molecule has 0 amide bonds. The molecule has 0 spiro atoms. The molecule has 0 aromatic rings. The van der Waals surface area contributed by atoms with Gasteiger partial charge in [-0.2, -0.15) is 5.26 Å². The predicted octanol–water partition coefficient (Wildman–Crippen LogP) is 2.50. The molecule has 1 heteroatoms. The van der Waals surface area contributed by atoms with Crippen LogP contribution in [0, 0.1) is 17.2 Å². The SMILES string of the molecule is C=CCCC(C#N)CC. The molecule has 0 aliphatic carbocycles. The minimum absolute atomic E-state index is 0.239. The maximum Gasteiger partial charge on any atom is 0.0655 e. The second-order valence-electron chi connectivity index (χ2n) is 2.10. The standard InChI is InChI=1S/C8H13N/c1-3-5-6-8(4-2)7-9/h3,8H,1,4-6H2,2H3. The average molecular weight is 123 g/mol. The van der Waals surface area contributed by atoms with E-state index in [1.807, 2.05) is 13.0 Å². The van der Waals surface area contributed by atoms with Gasteiger partial charge in [0.25, 0.3) is 0 Å². The zero-order valence-electron chi connectivity index (χ0n) is 5.93. The smallest absolute Gasteiger partial charge is 0.0655 e. The van der Waals surface area contributed by atoms with Crippen molar-refractivity contribution in [1.82, 2.24) is 0 Å². The Morgan fingerprint density at radius 1 is 1.78 bits per heavy atom. The van der Waals surface area contributed by atoms with Gasteiger partial charge in [0.1, 0.15) is 0 Å². The van der Waals surface area contributed by atoms with Gasteiger partial charge in [-0.15, -0.1) is 6.58 Å². The van der Waals surface area contributed by atoms with Crippen molar-refractivity contribution in [2.45, 2.75) is 26.2 Å². The molecule has 0 saturated carbocycles. The van der Waals surface area contributed by atoms with E-state index in [4.69, 9.17) is 5.26 Å². The zero-order valence-corrected chi connectivity index (χ0v) is 5.93. The van der Waals surface area contributed by atoms with Crippen molar-refractivity contribution in [2.24, 2.45) is 5.92 Å². The molecule has 0 fully saturated rings. The maximum atomic E-state index is 8.47. The van der Waals surface area contributed by atoms with E-state index in [2.05, 4.69) is 12.6 Å². The number of nitriles is 1. The molecule has 0 aliphatic rings. The van der Waals surface area contributed by atoms with Crippen LogP contribution in [0.4, 0.5) is 0 Å². The number of allylic oxidation sites excluding steroid dienone is 1. The molecule has 9 heavy (non-hydrogen) atoms. The van der Waals surface area contributed by atoms with E-state index in [1.165, 1.54) is 0 Å². The minimum Gasteiger partial charge on any atom is -0.198 e. The van der Waals surface area contributed by atoms with Crippen LogP contribution in [0.2, 0.25) is 0 Å². The van der Waals surface area contributed by atoms with E-state index in [0.29, 0.717) is 0 Å². The Labute approximate surface area is 57.0 Å². The molecule has 50 valence electrons. The molecule has 0 heterocycles. The number of rotatable bonds is 4. The lowest BCUT2D eigenvalue weighted by atomic mass is 10.0. The van der Waals surface area contributed by atoms with Crippen molar-refractivity contribution in [2.75, 3.05) is 0 Å². The second kappa shape index (κ2) is 5.37. The van der Waals surface area contributed by atoms with E-state index in [-0.39, 0.29) is 5.92 Å². The molecule has 0 rings (SSSR count). The van der Waals surface area contributed by atoms with Gasteiger partial charge in [-0.1, -0.05) is 13.0 Å². The van der Waals surface area contributed by atoms with Gasteiger partial charge in [-0.3, -0.25) is 0 Å². The lowest BCUT2D eigenvalue weighted by Crippen LogP contribution is -1.92. The quantitative estimate of drug-likeness (QED) is 0.527. The van der Waals surface area contributed by atoms with Crippen LogP contribution in [-0.2, 0) is 0 Å². The summed E-state index contributed by atoms with van der Waals surface area (Å²) in [5.41, 5.74) is 0. The number of nitrogens with zero attached hydrogens (tertiary/aromatic N) is 1. The molecule has 1 unspecified atom stereocenters. The maximum absolute atomic E-state index is 8.47. The van der Waals surface area contributed by atoms with Crippen LogP contribution in [0.15, 0.2) is 12.7 Å². The van der Waals surface area contributed by atoms with Crippen LogP contribution in [0.3, 0.4) is 0 Å². The summed E-state index contributed by atoms with van der Waals surface area (Å²) in [7, 11) is 0. The third kappa shape index (κ3) is 3.78. The summed E-state index contributed by atoms with van der Waals surface area (Å²) in [5, 5.41) is 8.47. The van der Waals surface area contributed by atoms with Gasteiger partial charge in [0.2, 0.25) is 0 Å². The average Bonchev–Trinajstić information content (AvgIpc) is 1.91. The molecular weight excluding hydrogens is 110 g/mol. The second-order valence-corrected chi connectivity index (χ2v) is 2.10. The summed E-state index contributed by atoms with van der Waals surface area (Å²) in [6.07, 6.45) is 4.76. The molecule has 0 aromatic carbocycles. The van der Waals surface area contributed by atoms with E-state index in [9.17, 15) is 0 Å². The third-order valence-electron chi connectivity index (χ3n) is 1.39. The largest absolute Gasteiger partial charge is 0.198 e. The highest BCUT2D eigenvalue weighted by molar-refractivity contribution is 4.83. The summed E-state index contributed by atoms with van der Waals surface area (Å²) < 4.78 is 0. The minimum atomic E-state index is 0.239. The Balaban J connectivity index is 3.34. The molecular formula is C8H13N. The van der Waals surface area contributed by atoms with Gasteiger partial charge in [-0.25, -0.2) is 0 Å². The van der Waals surface area contributed by atoms with E-state index in [1.54, 1.807) is 0 Å². The highest BCUT2D eigenvalue weighted by Gasteiger charge is 2.00. The first-order chi connectivity index (χ1) is 4.35. The number of hydrogen-bond donors (Lipinski definition) is 0. The van der Waals surface area contributed by atoms with Crippen LogP contribution in [0.1, 0.15) is 26.2 Å². The van der Waals surface area contributed by atoms with E-state index < -0.39 is 0 Å². The molecule has 1 nitrogen and oxygen atoms in total. The molecule has 0 aliphatic heterocycles. The highest BCUT2D eigenvalue weighted by Crippen LogP contribution is 2.08. The van der Waals surface area contributed by atoms with Crippen molar-refractivity contribution in [3.8, 4) is 6.07 Å². The Hall–Kier alpha value is -0.770. The normalized spacial score (nSPS) is 12.0. The van der Waals surface area contributed by atoms with Gasteiger partial charge in [0.05, 0.1) is 6.07 Å². The highest BCUT2D eigenvalue weighted by atomic mass is 14.3. The van der Waals surface area contributed by atoms with Gasteiger partial charge in [0.15, 0.2) is 0 Å². The Morgan fingerprint density at radius 3 is 2.78 bits per heavy atom. The zero-order chi connectivity index (χ0) is 7.11. The Kier molecular flexibility index (Phi) is 4.91. The van der Waals surface area contributed by atoms with Crippen molar-refractivity contribution in [3.63, 3.8) is 0 Å². The first kappa shape index (κ1) is 8.23. The monoisotopic (exact) mass is 123 g/mol. The van der Waals surface area contributed by atoms with E-state index in [0.717, 1.165) is 19.3 Å². The van der Waals surface area contributed by atoms with Crippen LogP contribution >= 0.6 is 0 Å². The van der Waals surface area contributed by atoms with Gasteiger partial charge >= 0.3 is 0 Å². The summed E-state index contributed by atoms with van der Waals surface area (Å²) >= 11 is 0. The van der Waals surface area contributed by atoms with Crippen LogP contribution in [0.5, 0.6) is 0 Å². The third-order valence-corrected chi connectivity index (χ3v) is 1.39. The molecule has 0 radical (unpaired) electrons. The summed E-state index contributed by atoms with van der Waals surface area (Å²) in [6.45, 7) is 5.63. The van der Waals surface area contributed by atoms with Crippen molar-refractivity contribution < 1.29 is 0 Å². The van der Waals surface area contributed by atoms with Crippen LogP contribution < -0.4 is 0 Å². The topological polar surface area (TPSA) is 23.8 Å². The summed E-state index contributed by atoms with van der Waals surface area (Å²) in [6, 6.07) is 2.24. The van der Waals surface area contributed by atoms with Crippen LogP contribution in [0.25, 0.3) is 0 Å². The fraction of sp³-hybridized carbons (Fsp3) is 0.625. The molecule has 0 bridgehead atoms. The predicted molar refractivity (Wildman–Crippen MR) is 38.8 cm³/mol. The number of hydrogen-bond acceptors (Lipinski definition) is 1. The van der Waals surface area contributed by atoms with E-state index >= 15 is 0 Å². The van der Waals surface area contributed by atoms with Gasteiger partial charge in [-0.05, 0) is 19.3 Å². The van der Waals surface area contributed by atoms with Crippen LogP contribution in [-0.4, -0.2) is 0 Å². The van der Waals surface area contributed by atoms with Gasteiger partial charge < -0.3 is 0 Å². The van der Waals surface area contributed by atoms with Crippen molar-refractivity contribution in [1.29, 1.82) is 5.26 Å². The lowest BCUT2D eigenvalue weighted by molar-refractivity contribution is 0.592. The Bertz CT molecular complexity index is 110. The summed E-state index contributed by atoms with van der Waals surface area (Å²) in [4.78, 5) is 0. The molecule has 0 N–H and O–H groups in total. The fourth-order valence-electron chi connectivity index (χ4n) is 0.679. The van der Waals surface area contributed by atoms with Crippen molar-refractivity contribution in [3.05, 3.63) is 12.7 Å².